The fraction of sp³-hybridized carbons (Fsp3) is 0.308. The van der Waals surface area contributed by atoms with Crippen LogP contribution in [0.3, 0.4) is 0 Å². The van der Waals surface area contributed by atoms with Gasteiger partial charge in [0.2, 0.25) is 5.91 Å². The van der Waals surface area contributed by atoms with Crippen LogP contribution in [0.5, 0.6) is 0 Å². The molecule has 1 aromatic rings. The molecule has 15 heavy (non-hydrogen) atoms. The summed E-state index contributed by atoms with van der Waals surface area (Å²) in [6.07, 6.45) is 4.43. The van der Waals surface area contributed by atoms with E-state index in [2.05, 4.69) is 24.4 Å². The molecular weight excluding hydrogens is 186 g/mol. The summed E-state index contributed by atoms with van der Waals surface area (Å²) in [4.78, 5) is 11.1. The summed E-state index contributed by atoms with van der Waals surface area (Å²) in [5, 5.41) is 2.71. The number of rotatable bonds is 4. The quantitative estimate of drug-likeness (QED) is 0.748. The van der Waals surface area contributed by atoms with Crippen LogP contribution in [0.2, 0.25) is 0 Å². The number of aryl methyl sites for hydroxylation is 1. The maximum atomic E-state index is 11.1. The molecule has 0 saturated carbocycles. The third-order valence-electron chi connectivity index (χ3n) is 2.17. The lowest BCUT2D eigenvalue weighted by atomic mass is 10.1. The molecule has 0 unspecified atom stereocenters. The summed E-state index contributed by atoms with van der Waals surface area (Å²) in [7, 11) is 0. The number of carbonyl (C=O) groups is 1. The standard InChI is InChI=1S/C13H17NO/c1-3-11-5-7-12(8-6-11)9-10-13(15)14-4-2/h5-10H,3-4H2,1-2H3,(H,14,15). The van der Waals surface area contributed by atoms with Crippen molar-refractivity contribution in [2.24, 2.45) is 0 Å². The molecule has 1 amide bonds. The van der Waals surface area contributed by atoms with Gasteiger partial charge in [-0.1, -0.05) is 31.2 Å². The fourth-order valence-electron chi connectivity index (χ4n) is 1.27. The molecule has 0 saturated heterocycles. The molecule has 0 bridgehead atoms. The van der Waals surface area contributed by atoms with Gasteiger partial charge in [-0.3, -0.25) is 4.79 Å². The first-order valence-corrected chi connectivity index (χ1v) is 5.31. The smallest absolute Gasteiger partial charge is 0.243 e. The van der Waals surface area contributed by atoms with Gasteiger partial charge in [0.25, 0.3) is 0 Å². The van der Waals surface area contributed by atoms with Gasteiger partial charge in [0, 0.05) is 12.6 Å². The van der Waals surface area contributed by atoms with Crippen molar-refractivity contribution in [3.05, 3.63) is 41.5 Å². The summed E-state index contributed by atoms with van der Waals surface area (Å²) in [5.41, 5.74) is 2.36. The van der Waals surface area contributed by atoms with Crippen LogP contribution in [0, 0.1) is 0 Å². The minimum Gasteiger partial charge on any atom is -0.353 e. The van der Waals surface area contributed by atoms with Gasteiger partial charge < -0.3 is 5.32 Å². The lowest BCUT2D eigenvalue weighted by Crippen LogP contribution is -2.19. The van der Waals surface area contributed by atoms with Crippen molar-refractivity contribution in [1.82, 2.24) is 5.32 Å². The van der Waals surface area contributed by atoms with Gasteiger partial charge in [-0.05, 0) is 30.5 Å². The average molecular weight is 203 g/mol. The molecule has 0 atom stereocenters. The van der Waals surface area contributed by atoms with Crippen LogP contribution in [0.25, 0.3) is 6.08 Å². The van der Waals surface area contributed by atoms with Gasteiger partial charge >= 0.3 is 0 Å². The van der Waals surface area contributed by atoms with Crippen molar-refractivity contribution >= 4 is 12.0 Å². The Balaban J connectivity index is 2.60. The van der Waals surface area contributed by atoms with Gasteiger partial charge in [-0.25, -0.2) is 0 Å². The molecule has 1 rings (SSSR count). The van der Waals surface area contributed by atoms with E-state index in [0.717, 1.165) is 12.0 Å². The van der Waals surface area contributed by atoms with Crippen LogP contribution in [-0.4, -0.2) is 12.5 Å². The molecule has 0 aliphatic heterocycles. The Bertz CT molecular complexity index is 338. The predicted octanol–water partition coefficient (Wildman–Crippen LogP) is 2.40. The van der Waals surface area contributed by atoms with Crippen molar-refractivity contribution in [2.75, 3.05) is 6.54 Å². The molecule has 2 heteroatoms. The first kappa shape index (κ1) is 11.5. The number of nitrogens with one attached hydrogen (secondary N) is 1. The number of benzene rings is 1. The fourth-order valence-corrected chi connectivity index (χ4v) is 1.27. The third kappa shape index (κ3) is 3.98. The molecule has 0 aliphatic carbocycles. The minimum atomic E-state index is -0.0444. The van der Waals surface area contributed by atoms with E-state index in [0.29, 0.717) is 6.54 Å². The van der Waals surface area contributed by atoms with Gasteiger partial charge in [-0.15, -0.1) is 0 Å². The zero-order valence-corrected chi connectivity index (χ0v) is 9.29. The van der Waals surface area contributed by atoms with E-state index >= 15 is 0 Å². The van der Waals surface area contributed by atoms with Crippen LogP contribution in [0.1, 0.15) is 25.0 Å². The summed E-state index contributed by atoms with van der Waals surface area (Å²) in [6.45, 7) is 4.69. The lowest BCUT2D eigenvalue weighted by Gasteiger charge is -1.97. The third-order valence-corrected chi connectivity index (χ3v) is 2.17. The number of carbonyl (C=O) groups excluding carboxylic acids is 1. The topological polar surface area (TPSA) is 29.1 Å². The summed E-state index contributed by atoms with van der Waals surface area (Å²) in [5.74, 6) is -0.0444. The minimum absolute atomic E-state index is 0.0444. The zero-order chi connectivity index (χ0) is 11.1. The van der Waals surface area contributed by atoms with Gasteiger partial charge in [0.1, 0.15) is 0 Å². The maximum Gasteiger partial charge on any atom is 0.243 e. The van der Waals surface area contributed by atoms with Crippen molar-refractivity contribution in [3.8, 4) is 0 Å². The normalized spacial score (nSPS) is 10.5. The van der Waals surface area contributed by atoms with E-state index in [1.54, 1.807) is 6.08 Å². The van der Waals surface area contributed by atoms with E-state index in [4.69, 9.17) is 0 Å². The Hall–Kier alpha value is -1.57. The van der Waals surface area contributed by atoms with Crippen LogP contribution in [0.4, 0.5) is 0 Å². The molecule has 0 fully saturated rings. The molecule has 80 valence electrons. The highest BCUT2D eigenvalue weighted by Crippen LogP contribution is 2.06. The molecule has 0 aliphatic rings. The van der Waals surface area contributed by atoms with Gasteiger partial charge in [0.05, 0.1) is 0 Å². The number of likely N-dealkylation sites (N-methyl/N-ethyl adjacent to an activating group) is 1. The molecule has 0 radical (unpaired) electrons. The molecule has 0 aromatic heterocycles. The number of hydrogen-bond donors (Lipinski definition) is 1. The number of hydrogen-bond acceptors (Lipinski definition) is 1. The Labute approximate surface area is 91.0 Å². The van der Waals surface area contributed by atoms with E-state index in [9.17, 15) is 4.79 Å². The first-order valence-electron chi connectivity index (χ1n) is 5.31. The number of amides is 1. The molecule has 1 N–H and O–H groups in total. The largest absolute Gasteiger partial charge is 0.353 e. The van der Waals surface area contributed by atoms with Crippen molar-refractivity contribution in [1.29, 1.82) is 0 Å². The lowest BCUT2D eigenvalue weighted by molar-refractivity contribution is -0.116. The summed E-state index contributed by atoms with van der Waals surface area (Å²) >= 11 is 0. The monoisotopic (exact) mass is 203 g/mol. The van der Waals surface area contributed by atoms with Crippen LogP contribution >= 0.6 is 0 Å². The SMILES string of the molecule is CCNC(=O)C=Cc1ccc(CC)cc1. The molecule has 2 nitrogen and oxygen atoms in total. The van der Waals surface area contributed by atoms with E-state index < -0.39 is 0 Å². The molecule has 1 aromatic carbocycles. The van der Waals surface area contributed by atoms with Crippen molar-refractivity contribution < 1.29 is 4.79 Å². The molecule has 0 spiro atoms. The highest BCUT2D eigenvalue weighted by molar-refractivity contribution is 5.91. The van der Waals surface area contributed by atoms with Gasteiger partial charge in [-0.2, -0.15) is 0 Å². The van der Waals surface area contributed by atoms with Crippen LogP contribution in [-0.2, 0) is 11.2 Å². The van der Waals surface area contributed by atoms with Crippen molar-refractivity contribution in [3.63, 3.8) is 0 Å². The Kier molecular flexibility index (Phi) is 4.61. The average Bonchev–Trinajstić information content (AvgIpc) is 2.27. The predicted molar refractivity (Wildman–Crippen MR) is 63.5 cm³/mol. The van der Waals surface area contributed by atoms with E-state index in [1.165, 1.54) is 5.56 Å². The molecular formula is C13H17NO. The Morgan fingerprint density at radius 3 is 2.47 bits per heavy atom. The van der Waals surface area contributed by atoms with Crippen molar-refractivity contribution in [2.45, 2.75) is 20.3 Å². The Morgan fingerprint density at radius 1 is 1.27 bits per heavy atom. The van der Waals surface area contributed by atoms with E-state index in [-0.39, 0.29) is 5.91 Å². The van der Waals surface area contributed by atoms with Crippen LogP contribution in [0.15, 0.2) is 30.3 Å². The molecule has 0 heterocycles. The zero-order valence-electron chi connectivity index (χ0n) is 9.29. The second-order valence-electron chi connectivity index (χ2n) is 3.32. The Morgan fingerprint density at radius 2 is 1.93 bits per heavy atom. The second-order valence-corrected chi connectivity index (χ2v) is 3.32. The summed E-state index contributed by atoms with van der Waals surface area (Å²) in [6, 6.07) is 8.21. The highest BCUT2D eigenvalue weighted by Gasteiger charge is 1.92. The van der Waals surface area contributed by atoms with Crippen LogP contribution < -0.4 is 5.32 Å². The first-order chi connectivity index (χ1) is 7.26. The second kappa shape index (κ2) is 6.02. The van der Waals surface area contributed by atoms with Gasteiger partial charge in [0.15, 0.2) is 0 Å². The van der Waals surface area contributed by atoms with E-state index in [1.807, 2.05) is 25.1 Å². The maximum absolute atomic E-state index is 11.1. The highest BCUT2D eigenvalue weighted by atomic mass is 16.1. The summed E-state index contributed by atoms with van der Waals surface area (Å²) < 4.78 is 0.